The maximum absolute atomic E-state index is 3.44. The Morgan fingerprint density at radius 1 is 1.36 bits per heavy atom. The van der Waals surface area contributed by atoms with Crippen molar-refractivity contribution in [3.8, 4) is 0 Å². The lowest BCUT2D eigenvalue weighted by atomic mass is 10.2. The number of aromatic amines is 1. The van der Waals surface area contributed by atoms with Gasteiger partial charge in [0.2, 0.25) is 0 Å². The average molecular weight is 188 g/mol. The summed E-state index contributed by atoms with van der Waals surface area (Å²) in [5, 5.41) is 4.62. The fourth-order valence-corrected chi connectivity index (χ4v) is 1.72. The summed E-state index contributed by atoms with van der Waals surface area (Å²) in [6, 6.07) is 8.59. The summed E-state index contributed by atoms with van der Waals surface area (Å²) in [6.45, 7) is 6.18. The number of hydrogen-bond acceptors (Lipinski definition) is 1. The van der Waals surface area contributed by atoms with Gasteiger partial charge in [0.1, 0.15) is 0 Å². The van der Waals surface area contributed by atoms with Crippen molar-refractivity contribution in [2.75, 3.05) is 6.54 Å². The smallest absolute Gasteiger partial charge is 0.0486 e. The van der Waals surface area contributed by atoms with Gasteiger partial charge >= 0.3 is 0 Å². The maximum atomic E-state index is 3.44. The van der Waals surface area contributed by atoms with Crippen molar-refractivity contribution < 1.29 is 0 Å². The lowest BCUT2D eigenvalue weighted by Gasteiger charge is -1.97. The Morgan fingerprint density at radius 2 is 2.21 bits per heavy atom. The SMILES string of the molecule is CCNCc1cc2cccc(C)c2[nH]1. The van der Waals surface area contributed by atoms with Gasteiger partial charge in [-0.15, -0.1) is 0 Å². The zero-order valence-electron chi connectivity index (χ0n) is 8.72. The average Bonchev–Trinajstić information content (AvgIpc) is 2.59. The second kappa shape index (κ2) is 3.84. The van der Waals surface area contributed by atoms with Crippen molar-refractivity contribution in [3.63, 3.8) is 0 Å². The van der Waals surface area contributed by atoms with E-state index >= 15 is 0 Å². The summed E-state index contributed by atoms with van der Waals surface area (Å²) in [5.41, 5.74) is 3.84. The molecule has 0 saturated heterocycles. The highest BCUT2D eigenvalue weighted by molar-refractivity contribution is 5.83. The first kappa shape index (κ1) is 9.28. The van der Waals surface area contributed by atoms with Gasteiger partial charge in [-0.25, -0.2) is 0 Å². The topological polar surface area (TPSA) is 27.8 Å². The van der Waals surface area contributed by atoms with Crippen LogP contribution in [0.4, 0.5) is 0 Å². The minimum atomic E-state index is 0.921. The van der Waals surface area contributed by atoms with Crippen molar-refractivity contribution in [3.05, 3.63) is 35.5 Å². The van der Waals surface area contributed by atoms with Crippen LogP contribution < -0.4 is 5.32 Å². The minimum Gasteiger partial charge on any atom is -0.357 e. The highest BCUT2D eigenvalue weighted by Crippen LogP contribution is 2.18. The number of aromatic nitrogens is 1. The molecule has 0 aliphatic rings. The van der Waals surface area contributed by atoms with E-state index in [1.807, 2.05) is 0 Å². The van der Waals surface area contributed by atoms with Crippen molar-refractivity contribution in [2.24, 2.45) is 0 Å². The second-order valence-electron chi connectivity index (χ2n) is 3.61. The lowest BCUT2D eigenvalue weighted by molar-refractivity contribution is 0.715. The Kier molecular flexibility index (Phi) is 2.55. The van der Waals surface area contributed by atoms with Gasteiger partial charge in [0.25, 0.3) is 0 Å². The van der Waals surface area contributed by atoms with E-state index in [2.05, 4.69) is 48.4 Å². The Bertz CT molecular complexity index is 429. The number of aryl methyl sites for hydroxylation is 1. The fraction of sp³-hybridized carbons (Fsp3) is 0.333. The number of nitrogens with one attached hydrogen (secondary N) is 2. The van der Waals surface area contributed by atoms with Crippen molar-refractivity contribution in [2.45, 2.75) is 20.4 Å². The van der Waals surface area contributed by atoms with Gasteiger partial charge in [-0.05, 0) is 30.5 Å². The Hall–Kier alpha value is -1.28. The molecular weight excluding hydrogens is 172 g/mol. The van der Waals surface area contributed by atoms with E-state index < -0.39 is 0 Å². The van der Waals surface area contributed by atoms with Gasteiger partial charge in [0.05, 0.1) is 0 Å². The Balaban J connectivity index is 2.36. The molecule has 2 nitrogen and oxygen atoms in total. The molecule has 0 saturated carbocycles. The predicted molar refractivity (Wildman–Crippen MR) is 60.4 cm³/mol. The van der Waals surface area contributed by atoms with Crippen LogP contribution in [0.15, 0.2) is 24.3 Å². The zero-order chi connectivity index (χ0) is 9.97. The molecule has 2 aromatic rings. The van der Waals surface area contributed by atoms with Crippen LogP contribution in [0.1, 0.15) is 18.2 Å². The first-order valence-corrected chi connectivity index (χ1v) is 5.09. The lowest BCUT2D eigenvalue weighted by Crippen LogP contribution is -2.11. The monoisotopic (exact) mass is 188 g/mol. The van der Waals surface area contributed by atoms with Crippen LogP contribution >= 0.6 is 0 Å². The first-order chi connectivity index (χ1) is 6.81. The Morgan fingerprint density at radius 3 is 2.93 bits per heavy atom. The summed E-state index contributed by atoms with van der Waals surface area (Å²) in [5.74, 6) is 0. The van der Waals surface area contributed by atoms with E-state index in [0.29, 0.717) is 0 Å². The highest BCUT2D eigenvalue weighted by Gasteiger charge is 2.01. The summed E-state index contributed by atoms with van der Waals surface area (Å²) >= 11 is 0. The third-order valence-electron chi connectivity index (χ3n) is 2.49. The number of hydrogen-bond donors (Lipinski definition) is 2. The van der Waals surface area contributed by atoms with E-state index in [0.717, 1.165) is 13.1 Å². The van der Waals surface area contributed by atoms with Crippen LogP contribution in [-0.4, -0.2) is 11.5 Å². The van der Waals surface area contributed by atoms with Gasteiger partial charge in [0, 0.05) is 17.8 Å². The molecular formula is C12H16N2. The first-order valence-electron chi connectivity index (χ1n) is 5.09. The van der Waals surface area contributed by atoms with Gasteiger partial charge in [-0.2, -0.15) is 0 Å². The molecule has 0 atom stereocenters. The van der Waals surface area contributed by atoms with Crippen molar-refractivity contribution in [1.29, 1.82) is 0 Å². The molecule has 0 aliphatic carbocycles. The predicted octanol–water partition coefficient (Wildman–Crippen LogP) is 2.59. The van der Waals surface area contributed by atoms with Crippen molar-refractivity contribution in [1.82, 2.24) is 10.3 Å². The normalized spacial score (nSPS) is 11.0. The third kappa shape index (κ3) is 1.66. The molecule has 0 spiro atoms. The van der Waals surface area contributed by atoms with Gasteiger partial charge in [0.15, 0.2) is 0 Å². The number of para-hydroxylation sites is 1. The summed E-state index contributed by atoms with van der Waals surface area (Å²) in [7, 11) is 0. The quantitative estimate of drug-likeness (QED) is 0.761. The zero-order valence-corrected chi connectivity index (χ0v) is 8.72. The minimum absolute atomic E-state index is 0.921. The standard InChI is InChI=1S/C12H16N2/c1-3-13-8-11-7-10-6-4-5-9(2)12(10)14-11/h4-7,13-14H,3,8H2,1-2H3. The molecule has 0 unspecified atom stereocenters. The number of rotatable bonds is 3. The van der Waals surface area contributed by atoms with E-state index in [-0.39, 0.29) is 0 Å². The van der Waals surface area contributed by atoms with E-state index in [9.17, 15) is 0 Å². The van der Waals surface area contributed by atoms with Crippen molar-refractivity contribution >= 4 is 10.9 Å². The van der Waals surface area contributed by atoms with Gasteiger partial charge < -0.3 is 10.3 Å². The molecule has 0 bridgehead atoms. The molecule has 0 aliphatic heterocycles. The number of benzene rings is 1. The van der Waals surface area contributed by atoms with Crippen LogP contribution in [0.5, 0.6) is 0 Å². The Labute approximate surface area is 84.3 Å². The van der Waals surface area contributed by atoms with Gasteiger partial charge in [-0.1, -0.05) is 25.1 Å². The highest BCUT2D eigenvalue weighted by atomic mass is 14.9. The summed E-state index contributed by atoms with van der Waals surface area (Å²) in [4.78, 5) is 3.44. The molecule has 0 fully saturated rings. The molecule has 2 heteroatoms. The number of H-pyrrole nitrogens is 1. The molecule has 2 rings (SSSR count). The van der Waals surface area contributed by atoms with Crippen LogP contribution in [-0.2, 0) is 6.54 Å². The molecule has 74 valence electrons. The van der Waals surface area contributed by atoms with E-state index in [1.165, 1.54) is 22.2 Å². The molecule has 0 radical (unpaired) electrons. The number of fused-ring (bicyclic) bond motifs is 1. The van der Waals surface area contributed by atoms with E-state index in [1.54, 1.807) is 0 Å². The molecule has 1 aromatic carbocycles. The second-order valence-corrected chi connectivity index (χ2v) is 3.61. The molecule has 1 aromatic heterocycles. The molecule has 2 N–H and O–H groups in total. The van der Waals surface area contributed by atoms with Crippen LogP contribution in [0.2, 0.25) is 0 Å². The van der Waals surface area contributed by atoms with Gasteiger partial charge in [-0.3, -0.25) is 0 Å². The molecule has 14 heavy (non-hydrogen) atoms. The molecule has 0 amide bonds. The third-order valence-corrected chi connectivity index (χ3v) is 2.49. The van der Waals surface area contributed by atoms with Crippen LogP contribution in [0.25, 0.3) is 10.9 Å². The largest absolute Gasteiger partial charge is 0.357 e. The summed E-state index contributed by atoms with van der Waals surface area (Å²) < 4.78 is 0. The van der Waals surface area contributed by atoms with Crippen LogP contribution in [0, 0.1) is 6.92 Å². The molecule has 1 heterocycles. The van der Waals surface area contributed by atoms with E-state index in [4.69, 9.17) is 0 Å². The fourth-order valence-electron chi connectivity index (χ4n) is 1.72. The van der Waals surface area contributed by atoms with Crippen LogP contribution in [0.3, 0.4) is 0 Å². The maximum Gasteiger partial charge on any atom is 0.0486 e. The summed E-state index contributed by atoms with van der Waals surface area (Å²) in [6.07, 6.45) is 0.